The van der Waals surface area contributed by atoms with Gasteiger partial charge in [-0.25, -0.2) is 0 Å². The number of hydrogen-bond donors (Lipinski definition) is 1. The zero-order valence-corrected chi connectivity index (χ0v) is 13.0. The van der Waals surface area contributed by atoms with E-state index < -0.39 is 0 Å². The molecule has 4 nitrogen and oxygen atoms in total. The van der Waals surface area contributed by atoms with Crippen molar-refractivity contribution in [1.82, 2.24) is 10.2 Å². The second kappa shape index (κ2) is 6.50. The van der Waals surface area contributed by atoms with Gasteiger partial charge in [0, 0.05) is 30.6 Å². The van der Waals surface area contributed by atoms with Crippen molar-refractivity contribution in [2.24, 2.45) is 0 Å². The maximum atomic E-state index is 12.2. The average molecular weight is 313 g/mol. The van der Waals surface area contributed by atoms with Gasteiger partial charge in [-0.05, 0) is 13.0 Å². The Morgan fingerprint density at radius 1 is 1.45 bits per heavy atom. The maximum absolute atomic E-state index is 12.2. The van der Waals surface area contributed by atoms with Gasteiger partial charge in [0.25, 0.3) is 0 Å². The standard InChI is InChI=1S/C14H17ClN2O2S/c1-9-13(19)17(8-7-12(18)16-2)14(20-9)10-5-3-4-6-11(10)15/h3-6,9,14H,7-8H2,1-2H3,(H,16,18). The van der Waals surface area contributed by atoms with Crippen LogP contribution < -0.4 is 5.32 Å². The van der Waals surface area contributed by atoms with Gasteiger partial charge in [0.15, 0.2) is 0 Å². The van der Waals surface area contributed by atoms with E-state index in [1.807, 2.05) is 31.2 Å². The smallest absolute Gasteiger partial charge is 0.236 e. The van der Waals surface area contributed by atoms with Crippen LogP contribution in [0.15, 0.2) is 24.3 Å². The lowest BCUT2D eigenvalue weighted by atomic mass is 10.2. The first-order chi connectivity index (χ1) is 9.54. The molecule has 0 radical (unpaired) electrons. The first kappa shape index (κ1) is 15.2. The Bertz CT molecular complexity index is 524. The van der Waals surface area contributed by atoms with E-state index in [1.54, 1.807) is 23.7 Å². The van der Waals surface area contributed by atoms with E-state index in [2.05, 4.69) is 5.32 Å². The van der Waals surface area contributed by atoms with Crippen molar-refractivity contribution in [3.8, 4) is 0 Å². The Morgan fingerprint density at radius 2 is 2.15 bits per heavy atom. The summed E-state index contributed by atoms with van der Waals surface area (Å²) in [6.07, 6.45) is 0.302. The van der Waals surface area contributed by atoms with Gasteiger partial charge >= 0.3 is 0 Å². The van der Waals surface area contributed by atoms with Crippen LogP contribution in [0.25, 0.3) is 0 Å². The zero-order valence-electron chi connectivity index (χ0n) is 11.4. The van der Waals surface area contributed by atoms with Crippen LogP contribution in [-0.2, 0) is 9.59 Å². The Balaban J connectivity index is 2.20. The van der Waals surface area contributed by atoms with Crippen molar-refractivity contribution in [1.29, 1.82) is 0 Å². The summed E-state index contributed by atoms with van der Waals surface area (Å²) < 4.78 is 0. The predicted octanol–water partition coefficient (Wildman–Crippen LogP) is 2.44. The molecule has 2 atom stereocenters. The number of thioether (sulfide) groups is 1. The molecule has 6 heteroatoms. The van der Waals surface area contributed by atoms with Crippen LogP contribution in [0.1, 0.15) is 24.3 Å². The molecular formula is C14H17ClN2O2S. The van der Waals surface area contributed by atoms with Gasteiger partial charge in [-0.2, -0.15) is 0 Å². The molecule has 1 aromatic rings. The summed E-state index contributed by atoms with van der Waals surface area (Å²) in [5.74, 6) is -0.0101. The monoisotopic (exact) mass is 312 g/mol. The number of carbonyl (C=O) groups excluding carboxylic acids is 2. The molecule has 0 bridgehead atoms. The molecule has 1 aliphatic heterocycles. The van der Waals surface area contributed by atoms with E-state index in [1.165, 1.54) is 0 Å². The Labute approximate surface area is 127 Å². The van der Waals surface area contributed by atoms with Crippen LogP contribution in [0, 0.1) is 0 Å². The fourth-order valence-corrected chi connectivity index (χ4v) is 3.82. The van der Waals surface area contributed by atoms with Crippen molar-refractivity contribution in [2.75, 3.05) is 13.6 Å². The van der Waals surface area contributed by atoms with E-state index in [4.69, 9.17) is 11.6 Å². The minimum absolute atomic E-state index is 0.0591. The highest BCUT2D eigenvalue weighted by atomic mass is 35.5. The Kier molecular flexibility index (Phi) is 4.94. The fraction of sp³-hybridized carbons (Fsp3) is 0.429. The van der Waals surface area contributed by atoms with Crippen molar-refractivity contribution in [2.45, 2.75) is 24.0 Å². The largest absolute Gasteiger partial charge is 0.359 e. The molecule has 0 aliphatic carbocycles. The lowest BCUT2D eigenvalue weighted by Crippen LogP contribution is -2.34. The summed E-state index contributed by atoms with van der Waals surface area (Å²) in [5, 5.41) is 3.00. The molecule has 0 aromatic heterocycles. The summed E-state index contributed by atoms with van der Waals surface area (Å²) in [6.45, 7) is 2.29. The maximum Gasteiger partial charge on any atom is 0.236 e. The highest BCUT2D eigenvalue weighted by Crippen LogP contribution is 2.44. The SMILES string of the molecule is CNC(=O)CCN1C(=O)C(C)SC1c1ccccc1Cl. The van der Waals surface area contributed by atoms with Crippen LogP contribution in [0.5, 0.6) is 0 Å². The number of rotatable bonds is 4. The summed E-state index contributed by atoms with van der Waals surface area (Å²) in [4.78, 5) is 25.4. The molecule has 1 heterocycles. The molecule has 1 N–H and O–H groups in total. The van der Waals surface area contributed by atoms with Gasteiger partial charge in [-0.15, -0.1) is 11.8 Å². The van der Waals surface area contributed by atoms with E-state index in [9.17, 15) is 9.59 Å². The summed E-state index contributed by atoms with van der Waals surface area (Å²) in [6, 6.07) is 7.53. The number of carbonyl (C=O) groups is 2. The minimum atomic E-state index is -0.115. The molecule has 1 aliphatic rings. The van der Waals surface area contributed by atoms with Crippen molar-refractivity contribution >= 4 is 35.2 Å². The highest BCUT2D eigenvalue weighted by molar-refractivity contribution is 8.01. The molecule has 1 fully saturated rings. The van der Waals surface area contributed by atoms with Gasteiger partial charge in [-0.1, -0.05) is 29.8 Å². The number of hydrogen-bond acceptors (Lipinski definition) is 3. The van der Waals surface area contributed by atoms with Gasteiger partial charge in [0.1, 0.15) is 5.37 Å². The van der Waals surface area contributed by atoms with E-state index in [-0.39, 0.29) is 22.4 Å². The van der Waals surface area contributed by atoms with Crippen molar-refractivity contribution in [3.63, 3.8) is 0 Å². The molecule has 0 spiro atoms. The number of nitrogens with one attached hydrogen (secondary N) is 1. The van der Waals surface area contributed by atoms with Crippen molar-refractivity contribution in [3.05, 3.63) is 34.9 Å². The second-order valence-electron chi connectivity index (χ2n) is 4.61. The van der Waals surface area contributed by atoms with E-state index in [0.717, 1.165) is 5.56 Å². The van der Waals surface area contributed by atoms with Gasteiger partial charge in [0.05, 0.1) is 5.25 Å². The molecule has 0 saturated carbocycles. The lowest BCUT2D eigenvalue weighted by Gasteiger charge is -2.24. The molecule has 2 rings (SSSR count). The molecule has 2 amide bonds. The summed E-state index contributed by atoms with van der Waals surface area (Å²) >= 11 is 7.79. The third kappa shape index (κ3) is 3.10. The fourth-order valence-electron chi connectivity index (χ4n) is 2.17. The normalized spacial score (nSPS) is 22.1. The van der Waals surface area contributed by atoms with Crippen molar-refractivity contribution < 1.29 is 9.59 Å². The molecular weight excluding hydrogens is 296 g/mol. The van der Waals surface area contributed by atoms with E-state index in [0.29, 0.717) is 18.0 Å². The lowest BCUT2D eigenvalue weighted by molar-refractivity contribution is -0.130. The molecule has 108 valence electrons. The third-order valence-electron chi connectivity index (χ3n) is 3.28. The van der Waals surface area contributed by atoms with Crippen LogP contribution >= 0.6 is 23.4 Å². The van der Waals surface area contributed by atoms with Crippen LogP contribution in [0.3, 0.4) is 0 Å². The first-order valence-electron chi connectivity index (χ1n) is 6.45. The molecule has 1 saturated heterocycles. The zero-order chi connectivity index (χ0) is 14.7. The predicted molar refractivity (Wildman–Crippen MR) is 81.6 cm³/mol. The molecule has 2 unspecified atom stereocenters. The molecule has 1 aromatic carbocycles. The van der Waals surface area contributed by atoms with Gasteiger partial charge in [-0.3, -0.25) is 9.59 Å². The Morgan fingerprint density at radius 3 is 2.80 bits per heavy atom. The van der Waals surface area contributed by atoms with Gasteiger partial charge in [0.2, 0.25) is 11.8 Å². The number of benzene rings is 1. The molecule has 20 heavy (non-hydrogen) atoms. The topological polar surface area (TPSA) is 49.4 Å². The number of halogens is 1. The Hall–Kier alpha value is -1.20. The van der Waals surface area contributed by atoms with Crippen LogP contribution in [0.4, 0.5) is 0 Å². The summed E-state index contributed by atoms with van der Waals surface area (Å²) in [7, 11) is 1.59. The van der Waals surface area contributed by atoms with Crippen LogP contribution in [-0.4, -0.2) is 35.6 Å². The first-order valence-corrected chi connectivity index (χ1v) is 7.77. The quantitative estimate of drug-likeness (QED) is 0.929. The van der Waals surface area contributed by atoms with E-state index >= 15 is 0 Å². The second-order valence-corrected chi connectivity index (χ2v) is 6.44. The highest BCUT2D eigenvalue weighted by Gasteiger charge is 2.39. The average Bonchev–Trinajstić information content (AvgIpc) is 2.72. The summed E-state index contributed by atoms with van der Waals surface area (Å²) in [5.41, 5.74) is 0.925. The minimum Gasteiger partial charge on any atom is -0.359 e. The number of nitrogens with zero attached hydrogens (tertiary/aromatic N) is 1. The third-order valence-corrected chi connectivity index (χ3v) is 5.00. The van der Waals surface area contributed by atoms with Crippen LogP contribution in [0.2, 0.25) is 5.02 Å². The number of amides is 2. The van der Waals surface area contributed by atoms with Gasteiger partial charge < -0.3 is 10.2 Å².